The molecular weight excluding hydrogens is 200 g/mol. The Labute approximate surface area is 85.4 Å². The van der Waals surface area contributed by atoms with Crippen molar-refractivity contribution in [3.63, 3.8) is 0 Å². The fraction of sp³-hybridized carbons (Fsp3) is 1.00. The summed E-state index contributed by atoms with van der Waals surface area (Å²) in [6.07, 6.45) is 4.04. The van der Waals surface area contributed by atoms with E-state index in [0.29, 0.717) is 11.8 Å². The molecule has 0 radical (unpaired) electrons. The molecule has 14 heavy (non-hydrogen) atoms. The molecule has 4 atom stereocenters. The first-order chi connectivity index (χ1) is 6.47. The lowest BCUT2D eigenvalue weighted by Crippen LogP contribution is -2.27. The number of hydrogen-bond acceptors (Lipinski definition) is 3. The Morgan fingerprint density at radius 3 is 2.64 bits per heavy atom. The molecule has 82 valence electrons. The minimum atomic E-state index is -2.53. The van der Waals surface area contributed by atoms with Crippen molar-refractivity contribution in [3.8, 4) is 0 Å². The van der Waals surface area contributed by atoms with E-state index in [9.17, 15) is 9.32 Å². The van der Waals surface area contributed by atoms with Gasteiger partial charge in [0.15, 0.2) is 0 Å². The van der Waals surface area contributed by atoms with Gasteiger partial charge in [-0.2, -0.15) is 0 Å². The zero-order valence-corrected chi connectivity index (χ0v) is 9.30. The summed E-state index contributed by atoms with van der Waals surface area (Å²) in [7, 11) is -2.53. The third kappa shape index (κ3) is 1.94. The highest BCUT2D eigenvalue weighted by molar-refractivity contribution is 7.89. The normalized spacial score (nSPS) is 43.1. The maximum absolute atomic E-state index is 11.5. The van der Waals surface area contributed by atoms with E-state index in [4.69, 9.17) is 4.78 Å². The van der Waals surface area contributed by atoms with Crippen molar-refractivity contribution in [1.82, 2.24) is 4.31 Å². The first-order valence-electron chi connectivity index (χ1n) is 5.14. The van der Waals surface area contributed by atoms with Crippen molar-refractivity contribution in [2.45, 2.75) is 25.4 Å². The fourth-order valence-electron chi connectivity index (χ4n) is 2.65. The Bertz CT molecular complexity index is 315. The molecule has 1 aliphatic carbocycles. The predicted molar refractivity (Wildman–Crippen MR) is 55.2 cm³/mol. The first kappa shape index (κ1) is 10.4. The summed E-state index contributed by atoms with van der Waals surface area (Å²) in [6, 6.07) is 0. The molecule has 1 heterocycles. The molecule has 0 bridgehead atoms. The molecule has 5 heteroatoms. The average molecular weight is 218 g/mol. The van der Waals surface area contributed by atoms with Crippen molar-refractivity contribution in [2.75, 3.05) is 19.3 Å². The van der Waals surface area contributed by atoms with Gasteiger partial charge < -0.3 is 5.11 Å². The van der Waals surface area contributed by atoms with Gasteiger partial charge >= 0.3 is 0 Å². The molecule has 2 N–H and O–H groups in total. The molecule has 0 spiro atoms. The summed E-state index contributed by atoms with van der Waals surface area (Å²) in [6.45, 7) is 1.52. The van der Waals surface area contributed by atoms with Crippen LogP contribution in [0, 0.1) is 16.6 Å². The molecule has 1 saturated heterocycles. The van der Waals surface area contributed by atoms with Crippen LogP contribution in [0.5, 0.6) is 0 Å². The molecule has 4 nitrogen and oxygen atoms in total. The molecule has 0 aromatic carbocycles. The van der Waals surface area contributed by atoms with Crippen LogP contribution >= 0.6 is 0 Å². The monoisotopic (exact) mass is 218 g/mol. The Balaban J connectivity index is 2.06. The third-order valence-corrected chi connectivity index (χ3v) is 4.76. The molecule has 1 aliphatic heterocycles. The summed E-state index contributed by atoms with van der Waals surface area (Å²) in [5.74, 6) is 1.02. The minimum Gasteiger partial charge on any atom is -0.393 e. The number of aliphatic hydroxyl groups is 1. The van der Waals surface area contributed by atoms with Crippen molar-refractivity contribution < 1.29 is 9.32 Å². The smallest absolute Gasteiger partial charge is 0.104 e. The van der Waals surface area contributed by atoms with Crippen LogP contribution in [0.4, 0.5) is 0 Å². The van der Waals surface area contributed by atoms with Gasteiger partial charge in [-0.05, 0) is 31.1 Å². The van der Waals surface area contributed by atoms with Crippen LogP contribution in [-0.2, 0) is 9.92 Å². The topological polar surface area (TPSA) is 64.4 Å². The zero-order chi connectivity index (χ0) is 10.3. The molecule has 0 aromatic rings. The van der Waals surface area contributed by atoms with Gasteiger partial charge in [0.25, 0.3) is 0 Å². The first-order valence-corrected chi connectivity index (χ1v) is 7.06. The second-order valence-electron chi connectivity index (χ2n) is 4.64. The van der Waals surface area contributed by atoms with Crippen LogP contribution in [0.1, 0.15) is 19.3 Å². The fourth-order valence-corrected chi connectivity index (χ4v) is 3.60. The second-order valence-corrected chi connectivity index (χ2v) is 6.76. The Kier molecular flexibility index (Phi) is 2.57. The Hall–Kier alpha value is -0.130. The number of aliphatic hydroxyl groups excluding tert-OH is 1. The molecule has 0 amide bonds. The lowest BCUT2D eigenvalue weighted by atomic mass is 9.80. The Morgan fingerprint density at radius 1 is 1.36 bits per heavy atom. The van der Waals surface area contributed by atoms with E-state index in [1.807, 2.05) is 0 Å². The standard InChI is InChI=1S/C9H18N2O2S/c1-14(10,13)11-5-7-2-3-9(12)4-8(7)6-11/h7-10,12H,2-6H2,1H3. The van der Waals surface area contributed by atoms with Gasteiger partial charge in [0.1, 0.15) is 9.92 Å². The van der Waals surface area contributed by atoms with Gasteiger partial charge in [0.2, 0.25) is 0 Å². The summed E-state index contributed by atoms with van der Waals surface area (Å²) in [5.41, 5.74) is 0. The highest BCUT2D eigenvalue weighted by atomic mass is 32.2. The van der Waals surface area contributed by atoms with Gasteiger partial charge in [-0.25, -0.2) is 13.3 Å². The molecule has 0 aromatic heterocycles. The van der Waals surface area contributed by atoms with E-state index in [0.717, 1.165) is 32.4 Å². The van der Waals surface area contributed by atoms with E-state index in [-0.39, 0.29) is 6.10 Å². The van der Waals surface area contributed by atoms with Gasteiger partial charge in [-0.3, -0.25) is 0 Å². The number of nitrogens with zero attached hydrogens (tertiary/aromatic N) is 1. The maximum atomic E-state index is 11.5. The molecule has 2 aliphatic rings. The average Bonchev–Trinajstić information content (AvgIpc) is 2.45. The molecule has 2 rings (SSSR count). The summed E-state index contributed by atoms with van der Waals surface area (Å²) in [5, 5.41) is 9.51. The van der Waals surface area contributed by atoms with Crippen molar-refractivity contribution in [1.29, 1.82) is 4.78 Å². The van der Waals surface area contributed by atoms with E-state index in [1.165, 1.54) is 6.26 Å². The van der Waals surface area contributed by atoms with Gasteiger partial charge in [0.05, 0.1) is 6.10 Å². The number of hydrogen-bond donors (Lipinski definition) is 2. The SMILES string of the molecule is CS(=N)(=O)N1CC2CCC(O)CC2C1. The van der Waals surface area contributed by atoms with E-state index in [1.54, 1.807) is 4.31 Å². The van der Waals surface area contributed by atoms with Crippen LogP contribution in [-0.4, -0.2) is 39.1 Å². The highest BCUT2D eigenvalue weighted by Gasteiger charge is 2.39. The number of rotatable bonds is 1. The summed E-state index contributed by atoms with van der Waals surface area (Å²) < 4.78 is 20.8. The third-order valence-electron chi connectivity index (χ3n) is 3.48. The largest absolute Gasteiger partial charge is 0.393 e. The molecule has 1 saturated carbocycles. The molecule has 2 fully saturated rings. The van der Waals surface area contributed by atoms with Gasteiger partial charge in [-0.15, -0.1) is 0 Å². The Morgan fingerprint density at radius 2 is 2.00 bits per heavy atom. The molecular formula is C9H18N2O2S. The molecule has 4 unspecified atom stereocenters. The van der Waals surface area contributed by atoms with Crippen LogP contribution in [0.2, 0.25) is 0 Å². The van der Waals surface area contributed by atoms with Gasteiger partial charge in [-0.1, -0.05) is 0 Å². The lowest BCUT2D eigenvalue weighted by Gasteiger charge is -2.27. The summed E-state index contributed by atoms with van der Waals surface area (Å²) in [4.78, 5) is 0. The lowest BCUT2D eigenvalue weighted by molar-refractivity contribution is 0.0866. The van der Waals surface area contributed by atoms with Crippen LogP contribution in [0.25, 0.3) is 0 Å². The van der Waals surface area contributed by atoms with Crippen molar-refractivity contribution >= 4 is 9.92 Å². The minimum absolute atomic E-state index is 0.171. The van der Waals surface area contributed by atoms with E-state index >= 15 is 0 Å². The van der Waals surface area contributed by atoms with E-state index in [2.05, 4.69) is 0 Å². The maximum Gasteiger partial charge on any atom is 0.104 e. The van der Waals surface area contributed by atoms with Crippen LogP contribution in [0.15, 0.2) is 0 Å². The van der Waals surface area contributed by atoms with E-state index < -0.39 is 9.92 Å². The van der Waals surface area contributed by atoms with Gasteiger partial charge in [0, 0.05) is 19.3 Å². The van der Waals surface area contributed by atoms with Crippen LogP contribution in [0.3, 0.4) is 0 Å². The summed E-state index contributed by atoms with van der Waals surface area (Å²) >= 11 is 0. The predicted octanol–water partition coefficient (Wildman–Crippen LogP) is 0.671. The number of nitrogens with one attached hydrogen (secondary N) is 1. The quantitative estimate of drug-likeness (QED) is 0.679. The second kappa shape index (κ2) is 3.47. The van der Waals surface area contributed by atoms with Crippen molar-refractivity contribution in [3.05, 3.63) is 0 Å². The highest BCUT2D eigenvalue weighted by Crippen LogP contribution is 2.37. The zero-order valence-electron chi connectivity index (χ0n) is 8.48. The number of fused-ring (bicyclic) bond motifs is 1. The van der Waals surface area contributed by atoms with Crippen molar-refractivity contribution in [2.24, 2.45) is 11.8 Å². The van der Waals surface area contributed by atoms with Crippen LogP contribution < -0.4 is 0 Å².